The molecule has 2 aromatic carbocycles. The van der Waals surface area contributed by atoms with Crippen molar-refractivity contribution in [2.75, 3.05) is 26.3 Å². The van der Waals surface area contributed by atoms with E-state index in [1.165, 1.54) is 29.4 Å². The van der Waals surface area contributed by atoms with Crippen LogP contribution in [0.15, 0.2) is 41.3 Å². The highest BCUT2D eigenvalue weighted by atomic mass is 35.5. The lowest BCUT2D eigenvalue weighted by Crippen LogP contribution is -2.40. The third-order valence-corrected chi connectivity index (χ3v) is 7.58. The van der Waals surface area contributed by atoms with Crippen LogP contribution in [0.3, 0.4) is 0 Å². The van der Waals surface area contributed by atoms with Gasteiger partial charge >= 0.3 is 5.97 Å². The Morgan fingerprint density at radius 1 is 1.03 bits per heavy atom. The number of carbonyl (C=O) groups excluding carboxylic acids is 2. The number of sulfonamides is 1. The maximum atomic E-state index is 12.9. The number of carbonyl (C=O) groups is 2. The zero-order chi connectivity index (χ0) is 22.8. The average molecular weight is 466 g/mol. The summed E-state index contributed by atoms with van der Waals surface area (Å²) in [5.41, 5.74) is 2.45. The Morgan fingerprint density at radius 2 is 1.68 bits per heavy atom. The molecule has 0 bridgehead atoms. The number of ether oxygens (including phenoxy) is 2. The summed E-state index contributed by atoms with van der Waals surface area (Å²) in [6.45, 7) is 6.30. The van der Waals surface area contributed by atoms with Crippen LogP contribution in [0.2, 0.25) is 5.02 Å². The number of esters is 1. The second-order valence-electron chi connectivity index (χ2n) is 7.37. The monoisotopic (exact) mass is 465 g/mol. The number of Topliss-reactive ketones (excluding diaryl/α,β-unsaturated/α-hetero) is 1. The molecule has 1 saturated heterocycles. The minimum absolute atomic E-state index is 0.00213. The molecule has 1 heterocycles. The van der Waals surface area contributed by atoms with E-state index >= 15 is 0 Å². The molecule has 0 aliphatic carbocycles. The van der Waals surface area contributed by atoms with Crippen LogP contribution in [0, 0.1) is 13.8 Å². The van der Waals surface area contributed by atoms with E-state index < -0.39 is 22.1 Å². The molecular formula is C22H24ClNO6S. The summed E-state index contributed by atoms with van der Waals surface area (Å²) in [6.07, 6.45) is -1.04. The van der Waals surface area contributed by atoms with Crippen LogP contribution in [0.1, 0.15) is 38.8 Å². The number of halogens is 1. The van der Waals surface area contributed by atoms with Crippen molar-refractivity contribution in [3.8, 4) is 0 Å². The molecule has 0 aromatic heterocycles. The summed E-state index contributed by atoms with van der Waals surface area (Å²) in [7, 11) is -3.90. The van der Waals surface area contributed by atoms with E-state index in [0.717, 1.165) is 11.1 Å². The molecule has 9 heteroatoms. The van der Waals surface area contributed by atoms with E-state index in [0.29, 0.717) is 5.56 Å². The van der Waals surface area contributed by atoms with Crippen LogP contribution in [-0.2, 0) is 19.5 Å². The summed E-state index contributed by atoms with van der Waals surface area (Å²) >= 11 is 6.13. The van der Waals surface area contributed by atoms with Gasteiger partial charge in [0.05, 0.1) is 23.8 Å². The molecule has 1 fully saturated rings. The first kappa shape index (κ1) is 23.4. The van der Waals surface area contributed by atoms with E-state index in [1.54, 1.807) is 12.1 Å². The fourth-order valence-corrected chi connectivity index (χ4v) is 5.07. The molecule has 0 spiro atoms. The highest BCUT2D eigenvalue weighted by molar-refractivity contribution is 7.89. The lowest BCUT2D eigenvalue weighted by molar-refractivity contribution is 0.0318. The number of ketones is 1. The van der Waals surface area contributed by atoms with Gasteiger partial charge in [0, 0.05) is 18.7 Å². The Bertz CT molecular complexity index is 1110. The molecule has 0 radical (unpaired) electrons. The van der Waals surface area contributed by atoms with Crippen molar-refractivity contribution >= 4 is 33.4 Å². The van der Waals surface area contributed by atoms with Gasteiger partial charge in [-0.3, -0.25) is 4.79 Å². The summed E-state index contributed by atoms with van der Waals surface area (Å²) in [5, 5.41) is 0.00213. The Labute approximate surface area is 187 Å². The van der Waals surface area contributed by atoms with Gasteiger partial charge < -0.3 is 9.47 Å². The predicted octanol–water partition coefficient (Wildman–Crippen LogP) is 3.41. The normalized spacial score (nSPS) is 16.0. The zero-order valence-corrected chi connectivity index (χ0v) is 19.1. The van der Waals surface area contributed by atoms with Gasteiger partial charge in [0.15, 0.2) is 6.10 Å². The van der Waals surface area contributed by atoms with Gasteiger partial charge in [-0.2, -0.15) is 4.31 Å². The number of hydrogen-bond acceptors (Lipinski definition) is 6. The number of benzene rings is 2. The Hall–Kier alpha value is -2.26. The smallest absolute Gasteiger partial charge is 0.338 e. The van der Waals surface area contributed by atoms with Crippen LogP contribution in [0.5, 0.6) is 0 Å². The predicted molar refractivity (Wildman–Crippen MR) is 116 cm³/mol. The second-order valence-corrected chi connectivity index (χ2v) is 9.69. The lowest BCUT2D eigenvalue weighted by atomic mass is 10.0. The topological polar surface area (TPSA) is 90.0 Å². The van der Waals surface area contributed by atoms with E-state index in [9.17, 15) is 18.0 Å². The van der Waals surface area contributed by atoms with Crippen molar-refractivity contribution in [1.82, 2.24) is 4.31 Å². The Morgan fingerprint density at radius 3 is 2.32 bits per heavy atom. The third-order valence-electron chi connectivity index (χ3n) is 5.20. The minimum atomic E-state index is -3.90. The van der Waals surface area contributed by atoms with E-state index in [4.69, 9.17) is 21.1 Å². The number of rotatable bonds is 6. The fourth-order valence-electron chi connectivity index (χ4n) is 3.17. The molecular weight excluding hydrogens is 442 g/mol. The van der Waals surface area contributed by atoms with Crippen LogP contribution < -0.4 is 0 Å². The molecule has 1 aliphatic rings. The number of morpholine rings is 1. The highest BCUT2D eigenvalue weighted by Crippen LogP contribution is 2.27. The van der Waals surface area contributed by atoms with Gasteiger partial charge in [-0.25, -0.2) is 13.2 Å². The van der Waals surface area contributed by atoms with Gasteiger partial charge in [0.25, 0.3) is 0 Å². The van der Waals surface area contributed by atoms with E-state index in [2.05, 4.69) is 0 Å². The molecule has 3 rings (SSSR count). The number of aryl methyl sites for hydroxylation is 2. The molecule has 31 heavy (non-hydrogen) atoms. The number of hydrogen-bond donors (Lipinski definition) is 0. The first-order chi connectivity index (χ1) is 14.6. The van der Waals surface area contributed by atoms with Crippen molar-refractivity contribution in [3.05, 3.63) is 63.7 Å². The molecule has 0 amide bonds. The fraction of sp³-hybridized carbons (Fsp3) is 0.364. The molecule has 1 atom stereocenters. The molecule has 7 nitrogen and oxygen atoms in total. The first-order valence-corrected chi connectivity index (χ1v) is 11.6. The van der Waals surface area contributed by atoms with E-state index in [-0.39, 0.29) is 47.6 Å². The molecule has 1 unspecified atom stereocenters. The maximum absolute atomic E-state index is 12.9. The standard InChI is InChI=1S/C22H24ClNO6S/c1-14-4-5-17(12-15(14)2)21(25)16(3)30-22(26)18-6-7-19(23)20(13-18)31(27,28)24-8-10-29-11-9-24/h4-7,12-13,16H,8-11H2,1-3H3. The minimum Gasteiger partial charge on any atom is -0.451 e. The first-order valence-electron chi connectivity index (χ1n) is 9.81. The van der Waals surface area contributed by atoms with Crippen molar-refractivity contribution in [2.45, 2.75) is 31.8 Å². The summed E-state index contributed by atoms with van der Waals surface area (Å²) in [6, 6.07) is 9.15. The van der Waals surface area contributed by atoms with Gasteiger partial charge in [0.1, 0.15) is 4.90 Å². The summed E-state index contributed by atoms with van der Waals surface area (Å²) < 4.78 is 37.6. The van der Waals surface area contributed by atoms with Crippen molar-refractivity contribution in [3.63, 3.8) is 0 Å². The molecule has 0 N–H and O–H groups in total. The van der Waals surface area contributed by atoms with Gasteiger partial charge in [-0.15, -0.1) is 0 Å². The average Bonchev–Trinajstić information content (AvgIpc) is 2.75. The van der Waals surface area contributed by atoms with Gasteiger partial charge in [-0.05, 0) is 56.2 Å². The van der Waals surface area contributed by atoms with Gasteiger partial charge in [-0.1, -0.05) is 23.7 Å². The largest absolute Gasteiger partial charge is 0.451 e. The lowest BCUT2D eigenvalue weighted by Gasteiger charge is -2.26. The maximum Gasteiger partial charge on any atom is 0.338 e. The molecule has 0 saturated carbocycles. The van der Waals surface area contributed by atoms with Gasteiger partial charge in [0.2, 0.25) is 15.8 Å². The van der Waals surface area contributed by atoms with Crippen molar-refractivity contribution < 1.29 is 27.5 Å². The summed E-state index contributed by atoms with van der Waals surface area (Å²) in [4.78, 5) is 25.1. The van der Waals surface area contributed by atoms with E-state index in [1.807, 2.05) is 19.9 Å². The van der Waals surface area contributed by atoms with Crippen LogP contribution in [-0.4, -0.2) is 56.9 Å². The summed E-state index contributed by atoms with van der Waals surface area (Å²) in [5.74, 6) is -1.15. The second kappa shape index (κ2) is 9.48. The Kier molecular flexibility index (Phi) is 7.16. The molecule has 2 aromatic rings. The van der Waals surface area contributed by atoms with Crippen LogP contribution in [0.4, 0.5) is 0 Å². The molecule has 166 valence electrons. The van der Waals surface area contributed by atoms with Crippen LogP contribution >= 0.6 is 11.6 Å². The quantitative estimate of drug-likeness (QED) is 0.479. The third kappa shape index (κ3) is 5.15. The number of nitrogens with zero attached hydrogens (tertiary/aromatic N) is 1. The SMILES string of the molecule is Cc1ccc(C(=O)C(C)OC(=O)c2ccc(Cl)c(S(=O)(=O)N3CCOCC3)c2)cc1C. The van der Waals surface area contributed by atoms with Crippen LogP contribution in [0.25, 0.3) is 0 Å². The molecule has 1 aliphatic heterocycles. The zero-order valence-electron chi connectivity index (χ0n) is 17.6. The Balaban J connectivity index is 1.79. The highest BCUT2D eigenvalue weighted by Gasteiger charge is 2.30. The van der Waals surface area contributed by atoms with Crippen molar-refractivity contribution in [1.29, 1.82) is 0 Å². The van der Waals surface area contributed by atoms with Crippen molar-refractivity contribution in [2.24, 2.45) is 0 Å².